The molecule has 134 valence electrons. The number of hydrazone groups is 1. The number of amides is 1. The fourth-order valence-electron chi connectivity index (χ4n) is 3.00. The minimum absolute atomic E-state index is 0.221. The Morgan fingerprint density at radius 2 is 1.30 bits per heavy atom. The Bertz CT molecular complexity index is 1030. The number of hydrogen-bond donors (Lipinski definition) is 1. The van der Waals surface area contributed by atoms with Gasteiger partial charge >= 0.3 is 0 Å². The van der Waals surface area contributed by atoms with Gasteiger partial charge in [-0.2, -0.15) is 5.10 Å². The van der Waals surface area contributed by atoms with E-state index in [-0.39, 0.29) is 5.91 Å². The molecule has 27 heavy (non-hydrogen) atoms. The number of hydrogen-bond acceptors (Lipinski definition) is 2. The first-order valence-corrected chi connectivity index (χ1v) is 9.12. The molecule has 4 aromatic carbocycles. The van der Waals surface area contributed by atoms with Crippen LogP contribution in [0.5, 0.6) is 0 Å². The van der Waals surface area contributed by atoms with Crippen molar-refractivity contribution in [2.24, 2.45) is 5.10 Å². The molecule has 1 N–H and O–H groups in total. The van der Waals surface area contributed by atoms with Gasteiger partial charge in [0.15, 0.2) is 0 Å². The van der Waals surface area contributed by atoms with E-state index in [1.807, 2.05) is 56.3 Å². The highest BCUT2D eigenvalue weighted by atomic mass is 16.2. The largest absolute Gasteiger partial charge is 0.271 e. The summed E-state index contributed by atoms with van der Waals surface area (Å²) in [6, 6.07) is 27.6. The van der Waals surface area contributed by atoms with Crippen LogP contribution in [0.2, 0.25) is 0 Å². The molecule has 3 heteroatoms. The highest BCUT2D eigenvalue weighted by Crippen LogP contribution is 2.27. The van der Waals surface area contributed by atoms with Crippen LogP contribution in [-0.2, 0) is 0 Å². The van der Waals surface area contributed by atoms with Crippen molar-refractivity contribution < 1.29 is 4.79 Å². The number of fused-ring (bicyclic) bond motifs is 2. The zero-order chi connectivity index (χ0) is 19.1. The Hall–Kier alpha value is -3.46. The van der Waals surface area contributed by atoms with Crippen LogP contribution in [-0.4, -0.2) is 12.1 Å². The van der Waals surface area contributed by atoms with Gasteiger partial charge in [0, 0.05) is 11.1 Å². The quantitative estimate of drug-likeness (QED) is 0.283. The Morgan fingerprint density at radius 1 is 0.778 bits per heavy atom. The van der Waals surface area contributed by atoms with Gasteiger partial charge in [0.25, 0.3) is 5.91 Å². The molecule has 0 aromatic heterocycles. The number of nitrogens with one attached hydrogen (secondary N) is 1. The van der Waals surface area contributed by atoms with Crippen LogP contribution in [0.1, 0.15) is 29.8 Å². The predicted molar refractivity (Wildman–Crippen MR) is 114 cm³/mol. The third kappa shape index (κ3) is 4.04. The summed E-state index contributed by atoms with van der Waals surface area (Å²) in [6.45, 7) is 4.00. The lowest BCUT2D eigenvalue weighted by Crippen LogP contribution is -2.17. The standard InChI is InChI=1S/C22H16N2O.C2H6/c25-22(16-8-2-1-3-9-16)24-23-15-21-19-12-6-4-10-17(19)14-18-11-5-7-13-20(18)21;1-2/h1-15H,(H,24,25);1-2H3/b23-15+;. The van der Waals surface area contributed by atoms with E-state index in [0.29, 0.717) is 5.56 Å². The maximum absolute atomic E-state index is 12.1. The smallest absolute Gasteiger partial charge is 0.267 e. The molecule has 0 atom stereocenters. The van der Waals surface area contributed by atoms with Gasteiger partial charge in [-0.3, -0.25) is 4.79 Å². The van der Waals surface area contributed by atoms with Gasteiger partial charge in [-0.05, 0) is 39.7 Å². The molecule has 4 rings (SSSR count). The number of carbonyl (C=O) groups excluding carboxylic acids is 1. The molecule has 1 amide bonds. The lowest BCUT2D eigenvalue weighted by atomic mass is 9.97. The second-order valence-corrected chi connectivity index (χ2v) is 5.80. The molecular weight excluding hydrogens is 332 g/mol. The number of benzene rings is 4. The lowest BCUT2D eigenvalue weighted by molar-refractivity contribution is 0.0955. The number of nitrogens with zero attached hydrogens (tertiary/aromatic N) is 1. The molecule has 0 saturated heterocycles. The van der Waals surface area contributed by atoms with Gasteiger partial charge in [-0.15, -0.1) is 0 Å². The van der Waals surface area contributed by atoms with E-state index in [1.54, 1.807) is 18.3 Å². The topological polar surface area (TPSA) is 41.5 Å². The summed E-state index contributed by atoms with van der Waals surface area (Å²) in [7, 11) is 0. The summed E-state index contributed by atoms with van der Waals surface area (Å²) >= 11 is 0. The summed E-state index contributed by atoms with van der Waals surface area (Å²) in [5.41, 5.74) is 4.19. The third-order valence-electron chi connectivity index (χ3n) is 4.21. The van der Waals surface area contributed by atoms with Crippen LogP contribution in [0.25, 0.3) is 21.5 Å². The minimum Gasteiger partial charge on any atom is -0.267 e. The first-order valence-electron chi connectivity index (χ1n) is 9.12. The van der Waals surface area contributed by atoms with Gasteiger partial charge in [0.05, 0.1) is 6.21 Å². The molecule has 0 fully saturated rings. The Morgan fingerprint density at radius 3 is 1.89 bits per heavy atom. The van der Waals surface area contributed by atoms with Crippen molar-refractivity contribution in [2.45, 2.75) is 13.8 Å². The predicted octanol–water partition coefficient (Wildman–Crippen LogP) is 5.78. The summed E-state index contributed by atoms with van der Waals surface area (Å²) in [5, 5.41) is 8.71. The van der Waals surface area contributed by atoms with Crippen LogP contribution >= 0.6 is 0 Å². The molecule has 0 aliphatic rings. The second kappa shape index (κ2) is 8.77. The zero-order valence-electron chi connectivity index (χ0n) is 15.5. The van der Waals surface area contributed by atoms with E-state index in [4.69, 9.17) is 0 Å². The average Bonchev–Trinajstić information content (AvgIpc) is 2.75. The molecule has 0 spiro atoms. The summed E-state index contributed by atoms with van der Waals surface area (Å²) < 4.78 is 0. The van der Waals surface area contributed by atoms with Crippen molar-refractivity contribution in [1.29, 1.82) is 0 Å². The molecular formula is C24H22N2O. The highest BCUT2D eigenvalue weighted by Gasteiger charge is 2.06. The molecule has 0 radical (unpaired) electrons. The van der Waals surface area contributed by atoms with Gasteiger partial charge in [-0.25, -0.2) is 5.43 Å². The SMILES string of the molecule is CC.O=C(N/N=C/c1c2ccccc2cc2ccccc12)c1ccccc1. The maximum Gasteiger partial charge on any atom is 0.271 e. The first-order chi connectivity index (χ1) is 13.3. The third-order valence-corrected chi connectivity index (χ3v) is 4.21. The van der Waals surface area contributed by atoms with Crippen LogP contribution < -0.4 is 5.43 Å². The number of rotatable bonds is 3. The summed E-state index contributed by atoms with van der Waals surface area (Å²) in [5.74, 6) is -0.221. The van der Waals surface area contributed by atoms with Gasteiger partial charge in [0.2, 0.25) is 0 Å². The van der Waals surface area contributed by atoms with E-state index in [0.717, 1.165) is 27.1 Å². The van der Waals surface area contributed by atoms with Gasteiger partial charge in [0.1, 0.15) is 0 Å². The summed E-state index contributed by atoms with van der Waals surface area (Å²) in [4.78, 5) is 12.1. The van der Waals surface area contributed by atoms with E-state index in [9.17, 15) is 4.79 Å². The molecule has 0 aliphatic carbocycles. The second-order valence-electron chi connectivity index (χ2n) is 5.80. The molecule has 3 nitrogen and oxygen atoms in total. The van der Waals surface area contributed by atoms with Crippen LogP contribution in [0, 0.1) is 0 Å². The molecule has 0 bridgehead atoms. The van der Waals surface area contributed by atoms with Crippen LogP contribution in [0.4, 0.5) is 0 Å². The van der Waals surface area contributed by atoms with Gasteiger partial charge < -0.3 is 0 Å². The van der Waals surface area contributed by atoms with Crippen molar-refractivity contribution in [3.8, 4) is 0 Å². The van der Waals surface area contributed by atoms with Crippen molar-refractivity contribution in [1.82, 2.24) is 5.43 Å². The minimum atomic E-state index is -0.221. The fourth-order valence-corrected chi connectivity index (χ4v) is 3.00. The Kier molecular flexibility index (Phi) is 5.95. The molecule has 0 saturated carbocycles. The number of carbonyl (C=O) groups is 1. The average molecular weight is 354 g/mol. The maximum atomic E-state index is 12.1. The summed E-state index contributed by atoms with van der Waals surface area (Å²) in [6.07, 6.45) is 1.73. The fraction of sp³-hybridized carbons (Fsp3) is 0.0833. The molecule has 0 heterocycles. The van der Waals surface area contributed by atoms with Crippen LogP contribution in [0.3, 0.4) is 0 Å². The normalized spacial score (nSPS) is 10.6. The molecule has 4 aromatic rings. The molecule has 0 unspecified atom stereocenters. The highest BCUT2D eigenvalue weighted by molar-refractivity contribution is 6.13. The first kappa shape index (κ1) is 18.3. The Labute approximate surface area is 159 Å². The van der Waals surface area contributed by atoms with E-state index < -0.39 is 0 Å². The molecule has 0 aliphatic heterocycles. The van der Waals surface area contributed by atoms with E-state index in [1.165, 1.54) is 0 Å². The monoisotopic (exact) mass is 354 g/mol. The Balaban J connectivity index is 0.00000102. The van der Waals surface area contributed by atoms with E-state index >= 15 is 0 Å². The lowest BCUT2D eigenvalue weighted by Gasteiger charge is -2.08. The van der Waals surface area contributed by atoms with Crippen LogP contribution in [0.15, 0.2) is 90.0 Å². The van der Waals surface area contributed by atoms with Crippen molar-refractivity contribution in [2.75, 3.05) is 0 Å². The van der Waals surface area contributed by atoms with E-state index in [2.05, 4.69) is 40.9 Å². The van der Waals surface area contributed by atoms with Crippen molar-refractivity contribution in [3.63, 3.8) is 0 Å². The van der Waals surface area contributed by atoms with Crippen molar-refractivity contribution >= 4 is 33.7 Å². The zero-order valence-corrected chi connectivity index (χ0v) is 15.5. The van der Waals surface area contributed by atoms with Gasteiger partial charge in [-0.1, -0.05) is 80.6 Å². The van der Waals surface area contributed by atoms with Crippen molar-refractivity contribution in [3.05, 3.63) is 96.1 Å².